The van der Waals surface area contributed by atoms with Crippen LogP contribution in [0.5, 0.6) is 0 Å². The molecule has 1 N–H and O–H groups in total. The summed E-state index contributed by atoms with van der Waals surface area (Å²) in [4.78, 5) is 18.1. The largest absolute Gasteiger partial charge is 0.345 e. The molecule has 0 bridgehead atoms. The molecule has 1 amide bonds. The summed E-state index contributed by atoms with van der Waals surface area (Å²) in [6, 6.07) is 34.3. The van der Waals surface area contributed by atoms with Crippen molar-refractivity contribution in [3.8, 4) is 0 Å². The van der Waals surface area contributed by atoms with Crippen molar-refractivity contribution in [1.82, 2.24) is 14.7 Å². The van der Waals surface area contributed by atoms with E-state index in [0.717, 1.165) is 33.6 Å². The molecule has 2 aromatic heterocycles. The summed E-state index contributed by atoms with van der Waals surface area (Å²) in [6.07, 6.45) is 4.25. The Kier molecular flexibility index (Phi) is 6.21. The van der Waals surface area contributed by atoms with Gasteiger partial charge >= 0.3 is 0 Å². The first kappa shape index (κ1) is 21.7. The number of hydrogen-bond acceptors (Lipinski definition) is 2. The van der Waals surface area contributed by atoms with Gasteiger partial charge in [-0.3, -0.25) is 4.79 Å². The monoisotopic (exact) mass is 445 g/mol. The second-order valence-corrected chi connectivity index (χ2v) is 8.60. The molecule has 0 aliphatic carbocycles. The van der Waals surface area contributed by atoms with Gasteiger partial charge in [-0.25, -0.2) is 4.98 Å². The van der Waals surface area contributed by atoms with Gasteiger partial charge < -0.3 is 9.72 Å². The van der Waals surface area contributed by atoms with Crippen LogP contribution in [0.1, 0.15) is 46.3 Å². The molecule has 0 aliphatic rings. The van der Waals surface area contributed by atoms with Crippen LogP contribution in [0.4, 0.5) is 0 Å². The van der Waals surface area contributed by atoms with Gasteiger partial charge in [-0.1, -0.05) is 91.0 Å². The van der Waals surface area contributed by atoms with E-state index >= 15 is 0 Å². The molecule has 4 nitrogen and oxygen atoms in total. The van der Waals surface area contributed by atoms with Crippen molar-refractivity contribution >= 4 is 11.6 Å². The van der Waals surface area contributed by atoms with Crippen molar-refractivity contribution in [2.45, 2.75) is 25.3 Å². The van der Waals surface area contributed by atoms with Gasteiger partial charge in [0.1, 0.15) is 5.65 Å². The zero-order valence-corrected chi connectivity index (χ0v) is 19.1. The average molecular weight is 446 g/mol. The maximum absolute atomic E-state index is 13.5. The van der Waals surface area contributed by atoms with Gasteiger partial charge in [-0.15, -0.1) is 0 Å². The third-order valence-electron chi connectivity index (χ3n) is 6.22. The number of aromatic nitrogens is 2. The number of fused-ring (bicyclic) bond motifs is 1. The maximum atomic E-state index is 13.5. The summed E-state index contributed by atoms with van der Waals surface area (Å²) >= 11 is 0. The smallest absolute Gasteiger partial charge is 0.221 e. The van der Waals surface area contributed by atoms with E-state index in [1.165, 1.54) is 0 Å². The third kappa shape index (κ3) is 4.62. The van der Waals surface area contributed by atoms with Crippen LogP contribution in [0.3, 0.4) is 0 Å². The van der Waals surface area contributed by atoms with Gasteiger partial charge in [-0.2, -0.15) is 0 Å². The zero-order valence-electron chi connectivity index (χ0n) is 19.1. The number of carbonyl (C=O) groups is 1. The lowest BCUT2D eigenvalue weighted by Gasteiger charge is -2.22. The van der Waals surface area contributed by atoms with E-state index in [0.29, 0.717) is 6.42 Å². The molecular formula is C30H27N3O. The predicted molar refractivity (Wildman–Crippen MR) is 136 cm³/mol. The molecule has 1 atom stereocenters. The summed E-state index contributed by atoms with van der Waals surface area (Å²) in [7, 11) is 0. The highest BCUT2D eigenvalue weighted by Gasteiger charge is 2.24. The summed E-state index contributed by atoms with van der Waals surface area (Å²) in [5.74, 6) is -0.125. The van der Waals surface area contributed by atoms with Gasteiger partial charge in [0.05, 0.1) is 11.7 Å². The van der Waals surface area contributed by atoms with Crippen molar-refractivity contribution in [2.75, 3.05) is 0 Å². The van der Waals surface area contributed by atoms with Gasteiger partial charge in [0.2, 0.25) is 5.91 Å². The normalized spacial score (nSPS) is 12.1. The molecule has 1 unspecified atom stereocenters. The maximum Gasteiger partial charge on any atom is 0.221 e. The first-order chi connectivity index (χ1) is 16.7. The second kappa shape index (κ2) is 9.75. The SMILES string of the molecule is Cc1ccn2c(C(CC(=O)NC(c3ccccc3)c3ccccc3)c3ccccc3)cnc2c1. The fourth-order valence-corrected chi connectivity index (χ4v) is 4.49. The number of hydrogen-bond donors (Lipinski definition) is 1. The van der Waals surface area contributed by atoms with Gasteiger partial charge in [-0.05, 0) is 41.3 Å². The van der Waals surface area contributed by atoms with Crippen LogP contribution in [0.25, 0.3) is 5.65 Å². The molecule has 0 fully saturated rings. The average Bonchev–Trinajstić information content (AvgIpc) is 3.30. The highest BCUT2D eigenvalue weighted by Crippen LogP contribution is 2.30. The lowest BCUT2D eigenvalue weighted by atomic mass is 9.91. The van der Waals surface area contributed by atoms with Gasteiger partial charge in [0, 0.05) is 24.7 Å². The van der Waals surface area contributed by atoms with Crippen molar-refractivity contribution in [2.24, 2.45) is 0 Å². The topological polar surface area (TPSA) is 46.4 Å². The number of nitrogens with one attached hydrogen (secondary N) is 1. The lowest BCUT2D eigenvalue weighted by Crippen LogP contribution is -2.30. The Hall–Kier alpha value is -4.18. The van der Waals surface area contributed by atoms with Gasteiger partial charge in [0.25, 0.3) is 0 Å². The third-order valence-corrected chi connectivity index (χ3v) is 6.22. The van der Waals surface area contributed by atoms with Crippen molar-refractivity contribution in [3.63, 3.8) is 0 Å². The minimum atomic E-state index is -0.212. The Morgan fingerprint density at radius 2 is 1.38 bits per heavy atom. The molecule has 0 saturated heterocycles. The molecule has 5 rings (SSSR count). The van der Waals surface area contributed by atoms with Crippen LogP contribution in [0, 0.1) is 6.92 Å². The number of aryl methyl sites for hydroxylation is 1. The first-order valence-electron chi connectivity index (χ1n) is 11.6. The number of pyridine rings is 1. The Morgan fingerprint density at radius 3 is 1.97 bits per heavy atom. The van der Waals surface area contributed by atoms with Crippen molar-refractivity contribution in [1.29, 1.82) is 0 Å². The van der Waals surface area contributed by atoms with E-state index in [9.17, 15) is 4.79 Å². The molecule has 34 heavy (non-hydrogen) atoms. The number of carbonyl (C=O) groups excluding carboxylic acids is 1. The van der Waals surface area contributed by atoms with E-state index in [1.54, 1.807) is 0 Å². The van der Waals surface area contributed by atoms with E-state index in [4.69, 9.17) is 0 Å². The molecule has 0 saturated carbocycles. The molecule has 0 radical (unpaired) electrons. The minimum Gasteiger partial charge on any atom is -0.345 e. The fourth-order valence-electron chi connectivity index (χ4n) is 4.49. The minimum absolute atomic E-state index is 0.00591. The predicted octanol–water partition coefficient (Wildman–Crippen LogP) is 6.07. The van der Waals surface area contributed by atoms with Crippen LogP contribution in [-0.4, -0.2) is 15.3 Å². The van der Waals surface area contributed by atoms with Gasteiger partial charge in [0.15, 0.2) is 0 Å². The summed E-state index contributed by atoms with van der Waals surface area (Å²) < 4.78 is 2.09. The molecule has 0 aliphatic heterocycles. The molecule has 3 aromatic carbocycles. The molecular weight excluding hydrogens is 418 g/mol. The lowest BCUT2D eigenvalue weighted by molar-refractivity contribution is -0.121. The van der Waals surface area contributed by atoms with E-state index in [-0.39, 0.29) is 17.9 Å². The first-order valence-corrected chi connectivity index (χ1v) is 11.6. The van der Waals surface area contributed by atoms with Crippen LogP contribution in [0.15, 0.2) is 116 Å². The van der Waals surface area contributed by atoms with Crippen molar-refractivity contribution in [3.05, 3.63) is 143 Å². The fraction of sp³-hybridized carbons (Fsp3) is 0.133. The number of imidazole rings is 1. The highest BCUT2D eigenvalue weighted by molar-refractivity contribution is 5.78. The van der Waals surface area contributed by atoms with Crippen LogP contribution in [-0.2, 0) is 4.79 Å². The Morgan fingerprint density at radius 1 is 0.824 bits per heavy atom. The van der Waals surface area contributed by atoms with Crippen molar-refractivity contribution < 1.29 is 4.79 Å². The molecule has 2 heterocycles. The van der Waals surface area contributed by atoms with Crippen LogP contribution >= 0.6 is 0 Å². The van der Waals surface area contributed by atoms with E-state index in [1.807, 2.05) is 67.0 Å². The number of rotatable bonds is 7. The number of benzene rings is 3. The molecule has 168 valence electrons. The number of amides is 1. The molecule has 5 aromatic rings. The number of nitrogens with zero attached hydrogens (tertiary/aromatic N) is 2. The summed E-state index contributed by atoms with van der Waals surface area (Å²) in [6.45, 7) is 2.06. The van der Waals surface area contributed by atoms with E-state index < -0.39 is 0 Å². The molecule has 4 heteroatoms. The standard InChI is InChI=1S/C30H27N3O/c1-22-17-18-33-27(21-31-28(33)19-22)26(23-11-5-2-6-12-23)20-29(34)32-30(24-13-7-3-8-14-24)25-15-9-4-10-16-25/h2-19,21,26,30H,20H2,1H3,(H,32,34). The Balaban J connectivity index is 1.48. The highest BCUT2D eigenvalue weighted by atomic mass is 16.1. The van der Waals surface area contributed by atoms with Crippen LogP contribution in [0.2, 0.25) is 0 Å². The Bertz CT molecular complexity index is 1340. The quantitative estimate of drug-likeness (QED) is 0.330. The Labute approximate surface area is 199 Å². The molecule has 0 spiro atoms. The van der Waals surface area contributed by atoms with E-state index in [2.05, 4.69) is 70.2 Å². The second-order valence-electron chi connectivity index (χ2n) is 8.60. The summed E-state index contributed by atoms with van der Waals surface area (Å²) in [5, 5.41) is 3.30. The summed E-state index contributed by atoms with van der Waals surface area (Å²) in [5.41, 5.74) is 6.27. The zero-order chi connectivity index (χ0) is 23.3. The van der Waals surface area contributed by atoms with Crippen LogP contribution < -0.4 is 5.32 Å².